The molecule has 0 amide bonds. The van der Waals surface area contributed by atoms with Crippen molar-refractivity contribution in [3.8, 4) is 5.75 Å². The van der Waals surface area contributed by atoms with Crippen LogP contribution in [0.5, 0.6) is 5.75 Å². The molecule has 0 saturated heterocycles. The SMILES string of the molecule is COCOC/C(=N\O)c1ccc(OC)cc1. The second-order valence-electron chi connectivity index (χ2n) is 3.03. The van der Waals surface area contributed by atoms with Gasteiger partial charge in [0.2, 0.25) is 0 Å². The van der Waals surface area contributed by atoms with E-state index in [2.05, 4.69) is 5.16 Å². The van der Waals surface area contributed by atoms with E-state index in [0.717, 1.165) is 11.3 Å². The maximum atomic E-state index is 8.84. The van der Waals surface area contributed by atoms with E-state index in [9.17, 15) is 0 Å². The van der Waals surface area contributed by atoms with E-state index in [-0.39, 0.29) is 13.4 Å². The second-order valence-corrected chi connectivity index (χ2v) is 3.03. The van der Waals surface area contributed by atoms with Crippen molar-refractivity contribution in [2.24, 2.45) is 5.16 Å². The van der Waals surface area contributed by atoms with Gasteiger partial charge in [0.05, 0.1) is 13.7 Å². The molecule has 0 radical (unpaired) electrons. The first-order chi connectivity index (χ1) is 7.81. The predicted molar refractivity (Wildman–Crippen MR) is 59.1 cm³/mol. The third-order valence-electron chi connectivity index (χ3n) is 1.98. The van der Waals surface area contributed by atoms with Gasteiger partial charge in [-0.2, -0.15) is 0 Å². The molecule has 0 heterocycles. The van der Waals surface area contributed by atoms with Crippen molar-refractivity contribution in [3.63, 3.8) is 0 Å². The van der Waals surface area contributed by atoms with Gasteiger partial charge in [-0.25, -0.2) is 0 Å². The van der Waals surface area contributed by atoms with Crippen LogP contribution in [0.3, 0.4) is 0 Å². The van der Waals surface area contributed by atoms with Crippen LogP contribution in [0.15, 0.2) is 29.4 Å². The van der Waals surface area contributed by atoms with Crippen molar-refractivity contribution in [2.45, 2.75) is 0 Å². The highest BCUT2D eigenvalue weighted by atomic mass is 16.7. The van der Waals surface area contributed by atoms with Crippen LogP contribution in [-0.4, -0.2) is 38.5 Å². The fourth-order valence-electron chi connectivity index (χ4n) is 1.18. The molecule has 88 valence electrons. The van der Waals surface area contributed by atoms with Crippen LogP contribution in [-0.2, 0) is 9.47 Å². The standard InChI is InChI=1S/C11H15NO4/c1-14-8-16-7-11(12-13)9-3-5-10(15-2)6-4-9/h3-6,13H,7-8H2,1-2H3/b12-11+. The number of rotatable bonds is 6. The predicted octanol–water partition coefficient (Wildman–Crippen LogP) is 1.49. The van der Waals surface area contributed by atoms with Crippen LogP contribution in [0, 0.1) is 0 Å². The quantitative estimate of drug-likeness (QED) is 0.262. The van der Waals surface area contributed by atoms with Gasteiger partial charge < -0.3 is 19.4 Å². The van der Waals surface area contributed by atoms with Crippen molar-refractivity contribution >= 4 is 5.71 Å². The van der Waals surface area contributed by atoms with Crippen molar-refractivity contribution in [2.75, 3.05) is 27.6 Å². The molecule has 0 aliphatic rings. The average molecular weight is 225 g/mol. The van der Waals surface area contributed by atoms with Gasteiger partial charge in [-0.15, -0.1) is 0 Å². The van der Waals surface area contributed by atoms with Gasteiger partial charge in [-0.05, 0) is 24.3 Å². The number of ether oxygens (including phenoxy) is 3. The number of hydrogen-bond acceptors (Lipinski definition) is 5. The summed E-state index contributed by atoms with van der Waals surface area (Å²) in [4.78, 5) is 0. The van der Waals surface area contributed by atoms with E-state index in [1.165, 1.54) is 7.11 Å². The van der Waals surface area contributed by atoms with Crippen molar-refractivity contribution in [3.05, 3.63) is 29.8 Å². The number of nitrogens with zero attached hydrogens (tertiary/aromatic N) is 1. The Kier molecular flexibility index (Phi) is 5.31. The minimum Gasteiger partial charge on any atom is -0.497 e. The monoisotopic (exact) mass is 225 g/mol. The third kappa shape index (κ3) is 3.52. The Bertz CT molecular complexity index is 334. The van der Waals surface area contributed by atoms with E-state index in [1.54, 1.807) is 31.4 Å². The molecule has 0 bridgehead atoms. The maximum absolute atomic E-state index is 8.84. The Balaban J connectivity index is 2.64. The molecular formula is C11H15NO4. The van der Waals surface area contributed by atoms with Crippen molar-refractivity contribution in [1.82, 2.24) is 0 Å². The van der Waals surface area contributed by atoms with Crippen LogP contribution in [0.2, 0.25) is 0 Å². The average Bonchev–Trinajstić information content (AvgIpc) is 2.35. The molecule has 5 nitrogen and oxygen atoms in total. The molecular weight excluding hydrogens is 210 g/mol. The summed E-state index contributed by atoms with van der Waals surface area (Å²) in [6.07, 6.45) is 0. The number of methoxy groups -OCH3 is 2. The fourth-order valence-corrected chi connectivity index (χ4v) is 1.18. The molecule has 0 aliphatic carbocycles. The van der Waals surface area contributed by atoms with Gasteiger partial charge >= 0.3 is 0 Å². The second kappa shape index (κ2) is 6.81. The molecule has 0 unspecified atom stereocenters. The smallest absolute Gasteiger partial charge is 0.146 e. The molecule has 0 aliphatic heterocycles. The molecule has 16 heavy (non-hydrogen) atoms. The highest BCUT2D eigenvalue weighted by Crippen LogP contribution is 2.12. The van der Waals surface area contributed by atoms with E-state index in [4.69, 9.17) is 19.4 Å². The normalized spacial score (nSPS) is 11.5. The highest BCUT2D eigenvalue weighted by Gasteiger charge is 2.04. The summed E-state index contributed by atoms with van der Waals surface area (Å²) in [6.45, 7) is 0.353. The van der Waals surface area contributed by atoms with E-state index >= 15 is 0 Å². The minimum absolute atomic E-state index is 0.162. The summed E-state index contributed by atoms with van der Waals surface area (Å²) in [5, 5.41) is 12.0. The highest BCUT2D eigenvalue weighted by molar-refractivity contribution is 6.01. The fraction of sp³-hybridized carbons (Fsp3) is 0.364. The number of oxime groups is 1. The Morgan fingerprint density at radius 1 is 1.25 bits per heavy atom. The summed E-state index contributed by atoms with van der Waals surface area (Å²) in [6, 6.07) is 7.17. The van der Waals surface area contributed by atoms with Crippen molar-refractivity contribution < 1.29 is 19.4 Å². The zero-order valence-corrected chi connectivity index (χ0v) is 9.34. The van der Waals surface area contributed by atoms with Crippen LogP contribution in [0.25, 0.3) is 0 Å². The summed E-state index contributed by atoms with van der Waals surface area (Å²) in [7, 11) is 3.13. The minimum atomic E-state index is 0.162. The Morgan fingerprint density at radius 2 is 1.94 bits per heavy atom. The molecule has 0 saturated carbocycles. The molecule has 0 atom stereocenters. The van der Waals surface area contributed by atoms with Gasteiger partial charge in [0.15, 0.2) is 0 Å². The van der Waals surface area contributed by atoms with E-state index < -0.39 is 0 Å². The van der Waals surface area contributed by atoms with Gasteiger partial charge in [0.1, 0.15) is 18.3 Å². The van der Waals surface area contributed by atoms with Gasteiger partial charge in [-0.3, -0.25) is 0 Å². The molecule has 1 N–H and O–H groups in total. The number of hydrogen-bond donors (Lipinski definition) is 1. The topological polar surface area (TPSA) is 60.3 Å². The first-order valence-corrected chi connectivity index (χ1v) is 4.74. The molecule has 1 aromatic carbocycles. The summed E-state index contributed by atoms with van der Waals surface area (Å²) < 4.78 is 14.9. The molecule has 0 aromatic heterocycles. The largest absolute Gasteiger partial charge is 0.497 e. The number of benzene rings is 1. The van der Waals surface area contributed by atoms with Gasteiger partial charge in [0.25, 0.3) is 0 Å². The van der Waals surface area contributed by atoms with Crippen LogP contribution >= 0.6 is 0 Å². The van der Waals surface area contributed by atoms with Crippen molar-refractivity contribution in [1.29, 1.82) is 0 Å². The lowest BCUT2D eigenvalue weighted by Crippen LogP contribution is -2.11. The summed E-state index contributed by atoms with van der Waals surface area (Å²) in [5.74, 6) is 0.749. The van der Waals surface area contributed by atoms with E-state index in [1.807, 2.05) is 0 Å². The van der Waals surface area contributed by atoms with Gasteiger partial charge in [0, 0.05) is 12.7 Å². The Hall–Kier alpha value is -1.59. The lowest BCUT2D eigenvalue weighted by Gasteiger charge is -2.06. The van der Waals surface area contributed by atoms with Crippen LogP contribution in [0.4, 0.5) is 0 Å². The third-order valence-corrected chi connectivity index (χ3v) is 1.98. The Morgan fingerprint density at radius 3 is 2.44 bits per heavy atom. The molecule has 0 spiro atoms. The Labute approximate surface area is 94.2 Å². The zero-order valence-electron chi connectivity index (χ0n) is 9.34. The lowest BCUT2D eigenvalue weighted by atomic mass is 10.1. The maximum Gasteiger partial charge on any atom is 0.146 e. The summed E-state index contributed by atoms with van der Waals surface area (Å²) in [5.41, 5.74) is 1.22. The first kappa shape index (κ1) is 12.5. The van der Waals surface area contributed by atoms with Crippen LogP contribution in [0.1, 0.15) is 5.56 Å². The molecule has 1 rings (SSSR count). The van der Waals surface area contributed by atoms with Gasteiger partial charge in [-0.1, -0.05) is 5.16 Å². The molecule has 1 aromatic rings. The first-order valence-electron chi connectivity index (χ1n) is 4.74. The zero-order chi connectivity index (χ0) is 11.8. The van der Waals surface area contributed by atoms with E-state index in [0.29, 0.717) is 5.71 Å². The molecule has 5 heteroatoms. The van der Waals surface area contributed by atoms with Crippen LogP contribution < -0.4 is 4.74 Å². The lowest BCUT2D eigenvalue weighted by molar-refractivity contribution is -0.0148. The summed E-state index contributed by atoms with van der Waals surface area (Å²) >= 11 is 0. The molecule has 0 fully saturated rings.